The second-order valence-corrected chi connectivity index (χ2v) is 14.1. The maximum atomic E-state index is 14.2. The van der Waals surface area contributed by atoms with Gasteiger partial charge in [-0.3, -0.25) is 9.59 Å². The molecular weight excluding hydrogens is 561 g/mol. The number of allylic oxidation sites excluding steroid dienone is 2. The lowest BCUT2D eigenvalue weighted by molar-refractivity contribution is 0.0982. The van der Waals surface area contributed by atoms with E-state index in [0.717, 1.165) is 49.5 Å². The number of Topliss-reactive ketones (excluding diaryl/α,β-unsaturated/α-hetero) is 1. The van der Waals surface area contributed by atoms with Crippen LogP contribution in [-0.4, -0.2) is 20.1 Å². The Morgan fingerprint density at radius 3 is 1.86 bits per heavy atom. The number of ketones is 2. The molecule has 1 heterocycles. The SMILES string of the molecule is CCCC1=CC(=O)c2ccc3ccc4c(c3c2C1=O)-c1c(ccc2ccccc12)O[Si](c1ccccc1)(c1ccccc1)O4. The molecule has 0 fully saturated rings. The minimum atomic E-state index is -3.42. The van der Waals surface area contributed by atoms with Crippen molar-refractivity contribution >= 4 is 52.0 Å². The van der Waals surface area contributed by atoms with Gasteiger partial charge in [-0.15, -0.1) is 0 Å². The van der Waals surface area contributed by atoms with Crippen LogP contribution < -0.4 is 19.2 Å². The van der Waals surface area contributed by atoms with Crippen LogP contribution in [0.15, 0.2) is 133 Å². The largest absolute Gasteiger partial charge is 0.531 e. The van der Waals surface area contributed by atoms with Crippen LogP contribution in [0.4, 0.5) is 0 Å². The van der Waals surface area contributed by atoms with E-state index in [4.69, 9.17) is 8.85 Å². The van der Waals surface area contributed by atoms with Crippen LogP contribution in [0.5, 0.6) is 11.5 Å². The van der Waals surface area contributed by atoms with Gasteiger partial charge < -0.3 is 8.85 Å². The average molecular weight is 589 g/mol. The fourth-order valence-electron chi connectivity index (χ4n) is 6.73. The van der Waals surface area contributed by atoms with Gasteiger partial charge >= 0.3 is 8.56 Å². The van der Waals surface area contributed by atoms with E-state index in [-0.39, 0.29) is 11.6 Å². The summed E-state index contributed by atoms with van der Waals surface area (Å²) >= 11 is 0. The number of carbonyl (C=O) groups is 2. The van der Waals surface area contributed by atoms with Crippen LogP contribution in [0.3, 0.4) is 0 Å². The van der Waals surface area contributed by atoms with E-state index in [9.17, 15) is 9.59 Å². The van der Waals surface area contributed by atoms with Crippen LogP contribution in [-0.2, 0) is 0 Å². The summed E-state index contributed by atoms with van der Waals surface area (Å²) in [6.45, 7) is 2.02. The molecule has 0 spiro atoms. The summed E-state index contributed by atoms with van der Waals surface area (Å²) in [4.78, 5) is 27.6. The predicted octanol–water partition coefficient (Wildman–Crippen LogP) is 7.79. The van der Waals surface area contributed by atoms with Gasteiger partial charge in [0.25, 0.3) is 0 Å². The lowest BCUT2D eigenvalue weighted by Gasteiger charge is -2.31. The molecule has 0 amide bonds. The summed E-state index contributed by atoms with van der Waals surface area (Å²) in [7, 11) is -3.42. The van der Waals surface area contributed by atoms with E-state index < -0.39 is 8.56 Å². The molecule has 1 aliphatic heterocycles. The highest BCUT2D eigenvalue weighted by Crippen LogP contribution is 2.50. The van der Waals surface area contributed by atoms with Crippen LogP contribution in [0, 0.1) is 0 Å². The first-order valence-corrected chi connectivity index (χ1v) is 16.8. The van der Waals surface area contributed by atoms with Gasteiger partial charge in [0.15, 0.2) is 11.6 Å². The first-order chi connectivity index (χ1) is 21.6. The molecule has 0 saturated heterocycles. The van der Waals surface area contributed by atoms with Crippen molar-refractivity contribution in [1.29, 1.82) is 0 Å². The molecule has 1 aliphatic carbocycles. The van der Waals surface area contributed by atoms with Gasteiger partial charge in [-0.2, -0.15) is 0 Å². The Labute approximate surface area is 256 Å². The average Bonchev–Trinajstić information content (AvgIpc) is 3.23. The number of hydrogen-bond donors (Lipinski definition) is 0. The molecule has 0 N–H and O–H groups in total. The third kappa shape index (κ3) is 3.90. The molecule has 8 rings (SSSR count). The summed E-state index contributed by atoms with van der Waals surface area (Å²) in [6.07, 6.45) is 2.84. The molecule has 6 aromatic carbocycles. The summed E-state index contributed by atoms with van der Waals surface area (Å²) in [6, 6.07) is 40.3. The second-order valence-electron chi connectivity index (χ2n) is 11.4. The lowest BCUT2D eigenvalue weighted by atomic mass is 9.81. The van der Waals surface area contributed by atoms with Gasteiger partial charge in [0.05, 0.1) is 0 Å². The van der Waals surface area contributed by atoms with Gasteiger partial charge in [0.2, 0.25) is 0 Å². The standard InChI is InChI=1S/C39H28O4Si/c1-2-11-27-24-32(40)31-21-18-26-20-23-34-38(35(26)37(31)39(27)41)36-30-17-10-9-12-25(30)19-22-33(36)42-44(43-34,28-13-5-3-6-14-28)29-15-7-4-8-16-29/h3-10,12-24H,2,11H2,1H3. The molecular formula is C39H28O4Si. The predicted molar refractivity (Wildman–Crippen MR) is 178 cm³/mol. The molecule has 0 radical (unpaired) electrons. The number of benzene rings is 6. The first kappa shape index (κ1) is 26.4. The molecule has 2 aliphatic rings. The van der Waals surface area contributed by atoms with Crippen LogP contribution in [0.1, 0.15) is 40.5 Å². The van der Waals surface area contributed by atoms with Crippen LogP contribution in [0.25, 0.3) is 32.7 Å². The summed E-state index contributed by atoms with van der Waals surface area (Å²) < 4.78 is 14.6. The van der Waals surface area contributed by atoms with Crippen LogP contribution >= 0.6 is 0 Å². The van der Waals surface area contributed by atoms with Crippen molar-refractivity contribution in [2.24, 2.45) is 0 Å². The first-order valence-electron chi connectivity index (χ1n) is 15.0. The molecule has 0 saturated carbocycles. The van der Waals surface area contributed by atoms with Crippen LogP contribution in [0.2, 0.25) is 0 Å². The molecule has 44 heavy (non-hydrogen) atoms. The Kier molecular flexibility index (Phi) is 6.10. The highest BCUT2D eigenvalue weighted by atomic mass is 28.4. The smallest absolute Gasteiger partial charge is 0.505 e. The Balaban J connectivity index is 1.54. The molecule has 6 aromatic rings. The molecule has 5 heteroatoms. The van der Waals surface area contributed by atoms with Crippen molar-refractivity contribution in [1.82, 2.24) is 0 Å². The van der Waals surface area contributed by atoms with Gasteiger partial charge in [0, 0.05) is 43.6 Å². The number of carbonyl (C=O) groups excluding carboxylic acids is 2. The Morgan fingerprint density at radius 1 is 0.591 bits per heavy atom. The van der Waals surface area contributed by atoms with E-state index >= 15 is 0 Å². The summed E-state index contributed by atoms with van der Waals surface area (Å²) in [5.41, 5.74) is 3.08. The fraction of sp³-hybridized carbons (Fsp3) is 0.0769. The van der Waals surface area contributed by atoms with E-state index in [1.165, 1.54) is 6.08 Å². The highest BCUT2D eigenvalue weighted by Gasteiger charge is 2.50. The minimum Gasteiger partial charge on any atom is -0.505 e. The van der Waals surface area contributed by atoms with E-state index in [2.05, 4.69) is 42.5 Å². The van der Waals surface area contributed by atoms with Crippen molar-refractivity contribution in [2.75, 3.05) is 0 Å². The van der Waals surface area contributed by atoms with E-state index in [0.29, 0.717) is 34.6 Å². The lowest BCUT2D eigenvalue weighted by Crippen LogP contribution is -2.68. The number of hydrogen-bond acceptors (Lipinski definition) is 4. The Bertz CT molecular complexity index is 2130. The molecule has 4 nitrogen and oxygen atoms in total. The monoisotopic (exact) mass is 588 g/mol. The molecule has 0 atom stereocenters. The number of fused-ring (bicyclic) bond motifs is 9. The van der Waals surface area contributed by atoms with Gasteiger partial charge in [0.1, 0.15) is 11.5 Å². The van der Waals surface area contributed by atoms with Gasteiger partial charge in [-0.05, 0) is 46.9 Å². The highest BCUT2D eigenvalue weighted by molar-refractivity contribution is 6.93. The van der Waals surface area contributed by atoms with Crippen molar-refractivity contribution in [3.8, 4) is 22.6 Å². The van der Waals surface area contributed by atoms with Gasteiger partial charge in [-0.25, -0.2) is 0 Å². The van der Waals surface area contributed by atoms with E-state index in [1.54, 1.807) is 6.07 Å². The molecule has 0 aromatic heterocycles. The normalized spacial score (nSPS) is 15.0. The second kappa shape index (κ2) is 10.2. The maximum absolute atomic E-state index is 14.2. The third-order valence-electron chi connectivity index (χ3n) is 8.71. The minimum absolute atomic E-state index is 0.0953. The van der Waals surface area contributed by atoms with Crippen molar-refractivity contribution in [3.05, 3.63) is 144 Å². The fourth-order valence-corrected chi connectivity index (χ4v) is 9.80. The topological polar surface area (TPSA) is 52.6 Å². The maximum Gasteiger partial charge on any atom is 0.531 e. The van der Waals surface area contributed by atoms with Crippen molar-refractivity contribution < 1.29 is 18.4 Å². The number of rotatable bonds is 4. The summed E-state index contributed by atoms with van der Waals surface area (Å²) in [5.74, 6) is 1.09. The Hall–Kier alpha value is -5.26. The van der Waals surface area contributed by atoms with Crippen molar-refractivity contribution in [2.45, 2.75) is 19.8 Å². The quantitative estimate of drug-likeness (QED) is 0.197. The zero-order valence-electron chi connectivity index (χ0n) is 24.2. The molecule has 0 bridgehead atoms. The molecule has 212 valence electrons. The summed E-state index contributed by atoms with van der Waals surface area (Å²) in [5, 5.41) is 5.57. The Morgan fingerprint density at radius 2 is 1.18 bits per heavy atom. The zero-order chi connectivity index (χ0) is 29.8. The van der Waals surface area contributed by atoms with Crippen molar-refractivity contribution in [3.63, 3.8) is 0 Å². The third-order valence-corrected chi connectivity index (χ3v) is 11.9. The molecule has 0 unspecified atom stereocenters. The zero-order valence-corrected chi connectivity index (χ0v) is 25.2. The van der Waals surface area contributed by atoms with E-state index in [1.807, 2.05) is 79.7 Å². The van der Waals surface area contributed by atoms with Gasteiger partial charge in [-0.1, -0.05) is 116 Å².